The Hall–Kier alpha value is -5.67. The molecule has 0 bridgehead atoms. The maximum atomic E-state index is 12.8. The van der Waals surface area contributed by atoms with Gasteiger partial charge in [0.05, 0.1) is 52.7 Å². The number of hydrogen-bond donors (Lipinski definition) is 9. The van der Waals surface area contributed by atoms with E-state index in [4.69, 9.17) is 25.1 Å². The molecule has 340 valence electrons. The summed E-state index contributed by atoms with van der Waals surface area (Å²) in [6, 6.07) is 4.40. The summed E-state index contributed by atoms with van der Waals surface area (Å²) >= 11 is 0. The maximum Gasteiger partial charge on any atom is 0.326 e. The van der Waals surface area contributed by atoms with Crippen LogP contribution in [0.15, 0.2) is 24.3 Å². The number of nitrogens with one attached hydrogen (secondary N) is 6. The number of benzene rings is 1. The Bertz CT molecular complexity index is 1620. The van der Waals surface area contributed by atoms with Gasteiger partial charge in [0.1, 0.15) is 12.1 Å². The van der Waals surface area contributed by atoms with Crippen molar-refractivity contribution in [1.82, 2.24) is 31.9 Å². The predicted molar refractivity (Wildman–Crippen MR) is 216 cm³/mol. The fourth-order valence-electron chi connectivity index (χ4n) is 6.14. The minimum atomic E-state index is -1.38. The second-order valence-electron chi connectivity index (χ2n) is 14.5. The zero-order valence-corrected chi connectivity index (χ0v) is 34.6. The van der Waals surface area contributed by atoms with Crippen LogP contribution in [0.25, 0.3) is 0 Å². The molecule has 0 saturated heterocycles. The highest BCUT2D eigenvalue weighted by Crippen LogP contribution is 2.28. The first-order valence-corrected chi connectivity index (χ1v) is 20.4. The Kier molecular flexibility index (Phi) is 24.9. The van der Waals surface area contributed by atoms with Gasteiger partial charge in [-0.2, -0.15) is 0 Å². The summed E-state index contributed by atoms with van der Waals surface area (Å²) in [7, 11) is 0. The molecule has 1 aromatic rings. The number of carboxylic acids is 2. The van der Waals surface area contributed by atoms with Crippen molar-refractivity contribution >= 4 is 53.3 Å². The molecule has 1 fully saturated rings. The van der Waals surface area contributed by atoms with E-state index in [1.165, 1.54) is 0 Å². The average molecular weight is 864 g/mol. The fraction of sp³-hybridized carbons (Fsp3) is 0.625. The standard InChI is InChI=1S/C40H61N7O14/c1-26-5-4-6-29(23-26)38(55)42-15-3-2-7-31(40(57)58)47-34(50)25-45-39(56)30(12-13-35(51)52)46-33(49)24-44-32(48)14-17-59-19-21-61-22-20-60-18-16-43-37(54)28-10-8-27(9-11-28)36(41)53/h4-6,23,27-28,30-31H,2-3,7-22,24-25H2,1H3,(H2,41,53)(H,42,55)(H,43,54)(H,44,48)(H,45,56)(H,46,49)(H,47,50)(H,51,52)(H,57,58)/t27?,28?,30-,31-/m1/s1. The van der Waals surface area contributed by atoms with Crippen LogP contribution < -0.4 is 37.6 Å². The molecule has 0 unspecified atom stereocenters. The third-order valence-electron chi connectivity index (χ3n) is 9.55. The molecule has 21 heteroatoms. The normalized spacial score (nSPS) is 15.6. The van der Waals surface area contributed by atoms with Gasteiger partial charge in [0.25, 0.3) is 5.91 Å². The van der Waals surface area contributed by atoms with Crippen LogP contribution >= 0.6 is 0 Å². The lowest BCUT2D eigenvalue weighted by atomic mass is 9.81. The molecule has 1 aromatic carbocycles. The molecule has 10 N–H and O–H groups in total. The number of primary amides is 1. The van der Waals surface area contributed by atoms with Gasteiger partial charge in [-0.25, -0.2) is 4.79 Å². The zero-order valence-electron chi connectivity index (χ0n) is 34.6. The van der Waals surface area contributed by atoms with E-state index in [9.17, 15) is 48.3 Å². The Morgan fingerprint density at radius 2 is 1.28 bits per heavy atom. The SMILES string of the molecule is Cc1cccc(C(=O)NCCCC[C@@H](NC(=O)CNC(=O)[C@@H](CCC(=O)O)NC(=O)CNC(=O)CCOCCOCCOCCNC(=O)C2CCC(C(N)=O)CC2)C(=O)O)c1. The summed E-state index contributed by atoms with van der Waals surface area (Å²) in [6.45, 7) is 2.66. The Balaban J connectivity index is 1.56. The first-order chi connectivity index (χ1) is 29.2. The van der Waals surface area contributed by atoms with Crippen molar-refractivity contribution in [3.63, 3.8) is 0 Å². The topological polar surface area (TPSA) is 320 Å². The van der Waals surface area contributed by atoms with Crippen LogP contribution in [0.2, 0.25) is 0 Å². The summed E-state index contributed by atoms with van der Waals surface area (Å²) in [5.74, 6) is -6.51. The largest absolute Gasteiger partial charge is 0.481 e. The van der Waals surface area contributed by atoms with Gasteiger partial charge in [0.15, 0.2) is 0 Å². The van der Waals surface area contributed by atoms with Crippen molar-refractivity contribution in [2.24, 2.45) is 17.6 Å². The molecule has 21 nitrogen and oxygen atoms in total. The lowest BCUT2D eigenvalue weighted by Gasteiger charge is -2.25. The van der Waals surface area contributed by atoms with E-state index >= 15 is 0 Å². The number of carboxylic acid groups (broad SMARTS) is 2. The fourth-order valence-corrected chi connectivity index (χ4v) is 6.14. The van der Waals surface area contributed by atoms with Crippen LogP contribution in [0.3, 0.4) is 0 Å². The molecule has 61 heavy (non-hydrogen) atoms. The van der Waals surface area contributed by atoms with Crippen molar-refractivity contribution in [2.75, 3.05) is 65.8 Å². The van der Waals surface area contributed by atoms with Crippen molar-refractivity contribution in [2.45, 2.75) is 83.2 Å². The molecule has 0 radical (unpaired) electrons. The second-order valence-corrected chi connectivity index (χ2v) is 14.5. The Labute approximate surface area is 354 Å². The van der Waals surface area contributed by atoms with Gasteiger partial charge in [-0.3, -0.25) is 38.4 Å². The van der Waals surface area contributed by atoms with E-state index in [0.29, 0.717) is 63.8 Å². The summed E-state index contributed by atoms with van der Waals surface area (Å²) in [6.07, 6.45) is 2.44. The molecule has 0 heterocycles. The van der Waals surface area contributed by atoms with E-state index in [2.05, 4.69) is 31.9 Å². The van der Waals surface area contributed by atoms with Gasteiger partial charge in [-0.05, 0) is 70.4 Å². The van der Waals surface area contributed by atoms with Gasteiger partial charge in [-0.15, -0.1) is 0 Å². The smallest absolute Gasteiger partial charge is 0.326 e. The lowest BCUT2D eigenvalue weighted by Crippen LogP contribution is -2.52. The maximum absolute atomic E-state index is 12.8. The van der Waals surface area contributed by atoms with E-state index in [-0.39, 0.29) is 81.8 Å². The van der Waals surface area contributed by atoms with Gasteiger partial charge in [0.2, 0.25) is 35.4 Å². The number of nitrogens with two attached hydrogens (primary N) is 1. The minimum absolute atomic E-state index is 0.0262. The zero-order chi connectivity index (χ0) is 45.0. The number of aliphatic carboxylic acids is 2. The second kappa shape index (κ2) is 29.5. The van der Waals surface area contributed by atoms with Crippen molar-refractivity contribution < 1.29 is 67.6 Å². The van der Waals surface area contributed by atoms with Crippen LogP contribution in [0.4, 0.5) is 0 Å². The number of amides is 7. The number of ether oxygens (including phenoxy) is 3. The molecule has 0 aromatic heterocycles. The van der Waals surface area contributed by atoms with Crippen molar-refractivity contribution in [3.8, 4) is 0 Å². The Morgan fingerprint density at radius 1 is 0.672 bits per heavy atom. The third kappa shape index (κ3) is 23.1. The van der Waals surface area contributed by atoms with Gasteiger partial charge in [0, 0.05) is 43.3 Å². The molecular formula is C40H61N7O14. The predicted octanol–water partition coefficient (Wildman–Crippen LogP) is -1.11. The molecule has 1 aliphatic carbocycles. The van der Waals surface area contributed by atoms with E-state index in [1.807, 2.05) is 13.0 Å². The van der Waals surface area contributed by atoms with Crippen LogP contribution in [-0.2, 0) is 52.6 Å². The van der Waals surface area contributed by atoms with Crippen molar-refractivity contribution in [1.29, 1.82) is 0 Å². The highest BCUT2D eigenvalue weighted by molar-refractivity contribution is 5.94. The first kappa shape index (κ1) is 51.5. The van der Waals surface area contributed by atoms with Crippen LogP contribution in [0.5, 0.6) is 0 Å². The molecule has 1 saturated carbocycles. The van der Waals surface area contributed by atoms with Crippen LogP contribution in [-0.4, -0.2) is 141 Å². The summed E-state index contributed by atoms with van der Waals surface area (Å²) in [5.41, 5.74) is 6.77. The van der Waals surface area contributed by atoms with E-state index in [1.54, 1.807) is 18.2 Å². The lowest BCUT2D eigenvalue weighted by molar-refractivity contribution is -0.142. The van der Waals surface area contributed by atoms with Gasteiger partial charge < -0.3 is 62.1 Å². The molecule has 0 aliphatic heterocycles. The number of rotatable bonds is 31. The number of carbonyl (C=O) groups excluding carboxylic acids is 7. The van der Waals surface area contributed by atoms with E-state index in [0.717, 1.165) is 5.56 Å². The van der Waals surface area contributed by atoms with Crippen molar-refractivity contribution in [3.05, 3.63) is 35.4 Å². The highest BCUT2D eigenvalue weighted by atomic mass is 16.5. The summed E-state index contributed by atoms with van der Waals surface area (Å²) in [4.78, 5) is 109. The first-order valence-electron chi connectivity index (χ1n) is 20.4. The molecule has 0 spiro atoms. The van der Waals surface area contributed by atoms with Crippen LogP contribution in [0.1, 0.15) is 80.1 Å². The minimum Gasteiger partial charge on any atom is -0.481 e. The number of carbonyl (C=O) groups is 9. The van der Waals surface area contributed by atoms with Gasteiger partial charge in [-0.1, -0.05) is 17.7 Å². The molecule has 2 rings (SSSR count). The molecular weight excluding hydrogens is 802 g/mol. The monoisotopic (exact) mass is 863 g/mol. The average Bonchev–Trinajstić information content (AvgIpc) is 3.22. The number of aryl methyl sites for hydroxylation is 1. The summed E-state index contributed by atoms with van der Waals surface area (Å²) < 4.78 is 16.2. The highest BCUT2D eigenvalue weighted by Gasteiger charge is 2.29. The molecule has 7 amide bonds. The number of unbranched alkanes of at least 4 members (excludes halogenated alkanes) is 1. The van der Waals surface area contributed by atoms with Gasteiger partial charge >= 0.3 is 11.9 Å². The van der Waals surface area contributed by atoms with Crippen LogP contribution in [0, 0.1) is 18.8 Å². The Morgan fingerprint density at radius 3 is 1.90 bits per heavy atom. The summed E-state index contributed by atoms with van der Waals surface area (Å²) in [5, 5.41) is 33.5. The quantitative estimate of drug-likeness (QED) is 0.0400. The van der Waals surface area contributed by atoms with E-state index < -0.39 is 67.2 Å². The molecule has 2 atom stereocenters. The number of hydrogen-bond acceptors (Lipinski definition) is 12. The molecule has 1 aliphatic rings. The third-order valence-corrected chi connectivity index (χ3v) is 9.55.